The molecular formula is C20H21N3OS. The molecular weight excluding hydrogens is 330 g/mol. The summed E-state index contributed by atoms with van der Waals surface area (Å²) in [6.45, 7) is 2.65. The Morgan fingerprint density at radius 3 is 2.68 bits per heavy atom. The molecule has 0 saturated heterocycles. The molecule has 5 heteroatoms. The van der Waals surface area contributed by atoms with Crippen molar-refractivity contribution in [3.63, 3.8) is 0 Å². The fourth-order valence-corrected chi connectivity index (χ4v) is 3.21. The molecule has 0 bridgehead atoms. The van der Waals surface area contributed by atoms with Gasteiger partial charge < -0.3 is 4.90 Å². The number of hydrogen-bond donors (Lipinski definition) is 0. The molecule has 0 spiro atoms. The van der Waals surface area contributed by atoms with E-state index in [-0.39, 0.29) is 5.91 Å². The SMILES string of the molecule is CSc1nccn1-c1cccc(C(=O)N(C)Cc2ccc(C)cc2)c1. The third-order valence-electron chi connectivity index (χ3n) is 4.05. The normalized spacial score (nSPS) is 10.7. The number of imidazole rings is 1. The predicted octanol–water partition coefficient (Wildman–Crippen LogP) is 4.17. The third-order valence-corrected chi connectivity index (χ3v) is 4.71. The van der Waals surface area contributed by atoms with E-state index in [9.17, 15) is 4.79 Å². The van der Waals surface area contributed by atoms with Crippen LogP contribution < -0.4 is 0 Å². The first kappa shape index (κ1) is 17.3. The molecule has 1 heterocycles. The first-order chi connectivity index (χ1) is 12.1. The number of hydrogen-bond acceptors (Lipinski definition) is 3. The predicted molar refractivity (Wildman–Crippen MR) is 102 cm³/mol. The summed E-state index contributed by atoms with van der Waals surface area (Å²) >= 11 is 1.58. The Kier molecular flexibility index (Phi) is 5.24. The lowest BCUT2D eigenvalue weighted by molar-refractivity contribution is 0.0785. The molecule has 0 fully saturated rings. The molecule has 25 heavy (non-hydrogen) atoms. The molecule has 0 atom stereocenters. The maximum Gasteiger partial charge on any atom is 0.253 e. The summed E-state index contributed by atoms with van der Waals surface area (Å²) in [6, 6.07) is 15.9. The fraction of sp³-hybridized carbons (Fsp3) is 0.200. The second kappa shape index (κ2) is 7.57. The van der Waals surface area contributed by atoms with Gasteiger partial charge in [-0.05, 0) is 36.9 Å². The highest BCUT2D eigenvalue weighted by Crippen LogP contribution is 2.19. The van der Waals surface area contributed by atoms with Crippen molar-refractivity contribution in [3.8, 4) is 5.69 Å². The molecule has 0 aliphatic heterocycles. The topological polar surface area (TPSA) is 38.1 Å². The minimum atomic E-state index is 0.00763. The van der Waals surface area contributed by atoms with Gasteiger partial charge in [-0.25, -0.2) is 4.98 Å². The van der Waals surface area contributed by atoms with Crippen LogP contribution in [0.2, 0.25) is 0 Å². The monoisotopic (exact) mass is 351 g/mol. The van der Waals surface area contributed by atoms with Crippen molar-refractivity contribution in [2.24, 2.45) is 0 Å². The van der Waals surface area contributed by atoms with E-state index in [4.69, 9.17) is 0 Å². The summed E-state index contributed by atoms with van der Waals surface area (Å²) in [5.74, 6) is 0.00763. The molecule has 0 N–H and O–H groups in total. The summed E-state index contributed by atoms with van der Waals surface area (Å²) in [5, 5.41) is 0.901. The lowest BCUT2D eigenvalue weighted by atomic mass is 10.1. The van der Waals surface area contributed by atoms with Gasteiger partial charge in [0.1, 0.15) is 0 Å². The van der Waals surface area contributed by atoms with Crippen LogP contribution in [0.25, 0.3) is 5.69 Å². The number of thioether (sulfide) groups is 1. The number of amides is 1. The maximum absolute atomic E-state index is 12.8. The molecule has 3 aromatic rings. The molecule has 0 aliphatic rings. The zero-order chi connectivity index (χ0) is 17.8. The second-order valence-corrected chi connectivity index (χ2v) is 6.75. The van der Waals surface area contributed by atoms with Gasteiger partial charge in [0.25, 0.3) is 5.91 Å². The van der Waals surface area contributed by atoms with Crippen molar-refractivity contribution < 1.29 is 4.79 Å². The Hall–Kier alpha value is -2.53. The van der Waals surface area contributed by atoms with Crippen LogP contribution in [0, 0.1) is 6.92 Å². The van der Waals surface area contributed by atoms with E-state index in [2.05, 4.69) is 36.2 Å². The number of rotatable bonds is 5. The molecule has 1 amide bonds. The van der Waals surface area contributed by atoms with Crippen molar-refractivity contribution in [1.82, 2.24) is 14.5 Å². The molecule has 128 valence electrons. The molecule has 1 aromatic heterocycles. The van der Waals surface area contributed by atoms with Gasteiger partial charge in [-0.2, -0.15) is 0 Å². The average molecular weight is 351 g/mol. The Bertz CT molecular complexity index is 871. The minimum Gasteiger partial charge on any atom is -0.337 e. The van der Waals surface area contributed by atoms with E-state index in [1.807, 2.05) is 48.3 Å². The Labute approximate surface area is 152 Å². The maximum atomic E-state index is 12.8. The number of carbonyl (C=O) groups excluding carboxylic acids is 1. The second-order valence-electron chi connectivity index (χ2n) is 5.98. The highest BCUT2D eigenvalue weighted by molar-refractivity contribution is 7.98. The average Bonchev–Trinajstić information content (AvgIpc) is 3.12. The van der Waals surface area contributed by atoms with Gasteiger partial charge in [0, 0.05) is 37.2 Å². The Morgan fingerprint density at radius 1 is 1.20 bits per heavy atom. The number of aryl methyl sites for hydroxylation is 1. The van der Waals surface area contributed by atoms with Crippen LogP contribution in [-0.4, -0.2) is 33.7 Å². The van der Waals surface area contributed by atoms with Crippen LogP contribution in [0.4, 0.5) is 0 Å². The van der Waals surface area contributed by atoms with Crippen molar-refractivity contribution in [2.45, 2.75) is 18.6 Å². The van der Waals surface area contributed by atoms with Gasteiger partial charge in [-0.3, -0.25) is 9.36 Å². The molecule has 0 unspecified atom stereocenters. The van der Waals surface area contributed by atoms with Crippen LogP contribution in [0.15, 0.2) is 66.1 Å². The van der Waals surface area contributed by atoms with Crippen LogP contribution in [-0.2, 0) is 6.54 Å². The van der Waals surface area contributed by atoms with Crippen molar-refractivity contribution in [3.05, 3.63) is 77.6 Å². The van der Waals surface area contributed by atoms with Gasteiger partial charge in [0.05, 0.1) is 0 Å². The first-order valence-corrected chi connectivity index (χ1v) is 9.30. The number of benzene rings is 2. The molecule has 2 aromatic carbocycles. The van der Waals surface area contributed by atoms with E-state index in [1.165, 1.54) is 5.56 Å². The summed E-state index contributed by atoms with van der Waals surface area (Å²) < 4.78 is 1.99. The molecule has 3 rings (SSSR count). The molecule has 0 radical (unpaired) electrons. The lowest BCUT2D eigenvalue weighted by Gasteiger charge is -2.18. The summed E-state index contributed by atoms with van der Waals surface area (Å²) in [7, 11) is 1.83. The summed E-state index contributed by atoms with van der Waals surface area (Å²) in [4.78, 5) is 18.8. The summed E-state index contributed by atoms with van der Waals surface area (Å²) in [5.41, 5.74) is 3.96. The number of carbonyl (C=O) groups is 1. The van der Waals surface area contributed by atoms with Crippen LogP contribution in [0.3, 0.4) is 0 Å². The molecule has 0 aliphatic carbocycles. The zero-order valence-corrected chi connectivity index (χ0v) is 15.5. The fourth-order valence-electron chi connectivity index (χ4n) is 2.69. The van der Waals surface area contributed by atoms with Crippen molar-refractivity contribution >= 4 is 17.7 Å². The van der Waals surface area contributed by atoms with Gasteiger partial charge in [-0.1, -0.05) is 47.7 Å². The highest BCUT2D eigenvalue weighted by atomic mass is 32.2. The van der Waals surface area contributed by atoms with Gasteiger partial charge in [-0.15, -0.1) is 0 Å². The van der Waals surface area contributed by atoms with E-state index >= 15 is 0 Å². The van der Waals surface area contributed by atoms with E-state index < -0.39 is 0 Å². The quantitative estimate of drug-likeness (QED) is 0.647. The molecule has 4 nitrogen and oxygen atoms in total. The Morgan fingerprint density at radius 2 is 1.96 bits per heavy atom. The smallest absolute Gasteiger partial charge is 0.253 e. The number of nitrogens with zero attached hydrogens (tertiary/aromatic N) is 3. The van der Waals surface area contributed by atoms with Crippen LogP contribution in [0.1, 0.15) is 21.5 Å². The highest BCUT2D eigenvalue weighted by Gasteiger charge is 2.13. The summed E-state index contributed by atoms with van der Waals surface area (Å²) in [6.07, 6.45) is 5.67. The standard InChI is InChI=1S/C20H21N3OS/c1-15-7-9-16(10-8-15)14-22(2)19(24)17-5-4-6-18(13-17)23-12-11-21-20(23)25-3/h4-13H,14H2,1-3H3. The van der Waals surface area contributed by atoms with Gasteiger partial charge in [0.15, 0.2) is 5.16 Å². The largest absolute Gasteiger partial charge is 0.337 e. The van der Waals surface area contributed by atoms with Crippen molar-refractivity contribution in [1.29, 1.82) is 0 Å². The van der Waals surface area contributed by atoms with Gasteiger partial charge >= 0.3 is 0 Å². The minimum absolute atomic E-state index is 0.00763. The van der Waals surface area contributed by atoms with E-state index in [0.29, 0.717) is 12.1 Å². The van der Waals surface area contributed by atoms with Crippen molar-refractivity contribution in [2.75, 3.05) is 13.3 Å². The van der Waals surface area contributed by atoms with Gasteiger partial charge in [0.2, 0.25) is 0 Å². The van der Waals surface area contributed by atoms with E-state index in [1.54, 1.807) is 22.9 Å². The first-order valence-electron chi connectivity index (χ1n) is 8.07. The Balaban J connectivity index is 1.80. The van der Waals surface area contributed by atoms with Crippen LogP contribution >= 0.6 is 11.8 Å². The van der Waals surface area contributed by atoms with E-state index in [0.717, 1.165) is 16.4 Å². The third kappa shape index (κ3) is 3.94. The zero-order valence-electron chi connectivity index (χ0n) is 14.6. The number of aromatic nitrogens is 2. The molecule has 0 saturated carbocycles. The van der Waals surface area contributed by atoms with Crippen LogP contribution in [0.5, 0.6) is 0 Å². The lowest BCUT2D eigenvalue weighted by Crippen LogP contribution is -2.26.